The maximum Gasteiger partial charge on any atom is 0.321 e. The molecule has 0 bridgehead atoms. The molecule has 3 rings (SSSR count). The zero-order chi connectivity index (χ0) is 14.1. The lowest BCUT2D eigenvalue weighted by Gasteiger charge is -2.29. The molecule has 4 nitrogen and oxygen atoms in total. The number of H-pyrrole nitrogens is 1. The lowest BCUT2D eigenvalue weighted by Crippen LogP contribution is -2.44. The average Bonchev–Trinajstić information content (AvgIpc) is 2.83. The van der Waals surface area contributed by atoms with Gasteiger partial charge in [-0.1, -0.05) is 38.0 Å². The van der Waals surface area contributed by atoms with E-state index in [4.69, 9.17) is 0 Å². The van der Waals surface area contributed by atoms with E-state index in [1.165, 1.54) is 11.3 Å². The summed E-state index contributed by atoms with van der Waals surface area (Å²) in [5.74, 6) is -0.762. The summed E-state index contributed by atoms with van der Waals surface area (Å²) in [5.41, 5.74) is 3.46. The third kappa shape index (κ3) is 2.20. The zero-order valence-corrected chi connectivity index (χ0v) is 11.6. The van der Waals surface area contributed by atoms with E-state index in [-0.39, 0.29) is 6.04 Å². The van der Waals surface area contributed by atoms with Gasteiger partial charge < -0.3 is 10.1 Å². The minimum Gasteiger partial charge on any atom is -0.480 e. The first-order chi connectivity index (χ1) is 9.70. The van der Waals surface area contributed by atoms with Gasteiger partial charge in [0.1, 0.15) is 6.04 Å². The van der Waals surface area contributed by atoms with Crippen molar-refractivity contribution in [2.75, 3.05) is 0 Å². The summed E-state index contributed by atoms with van der Waals surface area (Å²) in [4.78, 5) is 14.8. The first-order valence-corrected chi connectivity index (χ1v) is 7.29. The van der Waals surface area contributed by atoms with Gasteiger partial charge in [-0.3, -0.25) is 10.1 Å². The van der Waals surface area contributed by atoms with Crippen molar-refractivity contribution in [3.63, 3.8) is 0 Å². The standard InChI is InChI=1S/C16H20N2O2/c1-2-3-7-13-15-11(9-14(17-13)16(19)20)10-6-4-5-8-12(10)18-15/h4-6,8,13-14,17-18H,2-3,7,9H2,1H3,(H,19,20)/t13-,14+/m0/s1. The van der Waals surface area contributed by atoms with Crippen LogP contribution in [0.25, 0.3) is 10.9 Å². The number of aliphatic carboxylic acids is 1. The molecule has 3 N–H and O–H groups in total. The van der Waals surface area contributed by atoms with Crippen molar-refractivity contribution in [2.45, 2.75) is 44.7 Å². The van der Waals surface area contributed by atoms with Gasteiger partial charge in [-0.25, -0.2) is 0 Å². The van der Waals surface area contributed by atoms with Crippen LogP contribution >= 0.6 is 0 Å². The van der Waals surface area contributed by atoms with Crippen molar-refractivity contribution in [2.24, 2.45) is 0 Å². The fraction of sp³-hybridized carbons (Fsp3) is 0.438. The molecule has 0 radical (unpaired) electrons. The number of unbranched alkanes of at least 4 members (excludes halogenated alkanes) is 1. The van der Waals surface area contributed by atoms with Crippen molar-refractivity contribution in [1.82, 2.24) is 10.3 Å². The SMILES string of the molecule is CCCC[C@@H]1N[C@@H](C(=O)O)Cc2c1[nH]c1ccccc21. The molecule has 2 atom stereocenters. The zero-order valence-electron chi connectivity index (χ0n) is 11.6. The highest BCUT2D eigenvalue weighted by atomic mass is 16.4. The van der Waals surface area contributed by atoms with Gasteiger partial charge in [-0.15, -0.1) is 0 Å². The Morgan fingerprint density at radius 3 is 2.95 bits per heavy atom. The molecule has 0 fully saturated rings. The van der Waals surface area contributed by atoms with Crippen molar-refractivity contribution < 1.29 is 9.90 Å². The number of carbonyl (C=O) groups is 1. The van der Waals surface area contributed by atoms with Crippen LogP contribution in [0, 0.1) is 0 Å². The molecule has 0 unspecified atom stereocenters. The summed E-state index contributed by atoms with van der Waals surface area (Å²) in [5, 5.41) is 13.8. The molecule has 2 aromatic rings. The topological polar surface area (TPSA) is 65.1 Å². The minimum atomic E-state index is -0.762. The first-order valence-electron chi connectivity index (χ1n) is 7.29. The molecule has 106 valence electrons. The molecule has 0 saturated heterocycles. The van der Waals surface area contributed by atoms with Crippen LogP contribution in [0.2, 0.25) is 0 Å². The number of fused-ring (bicyclic) bond motifs is 3. The molecule has 0 aliphatic carbocycles. The Hall–Kier alpha value is -1.81. The van der Waals surface area contributed by atoms with E-state index >= 15 is 0 Å². The number of benzene rings is 1. The maximum atomic E-state index is 11.4. The fourth-order valence-corrected chi connectivity index (χ4v) is 3.12. The molecule has 1 aliphatic rings. The molecule has 0 amide bonds. The molecule has 0 saturated carbocycles. The number of nitrogens with one attached hydrogen (secondary N) is 2. The second-order valence-electron chi connectivity index (χ2n) is 5.52. The Bertz CT molecular complexity index is 632. The van der Waals surface area contributed by atoms with E-state index in [0.717, 1.165) is 30.2 Å². The molecule has 20 heavy (non-hydrogen) atoms. The van der Waals surface area contributed by atoms with Gasteiger partial charge in [0.2, 0.25) is 0 Å². The minimum absolute atomic E-state index is 0.118. The third-order valence-corrected chi connectivity index (χ3v) is 4.15. The van der Waals surface area contributed by atoms with Crippen LogP contribution in [0.4, 0.5) is 0 Å². The van der Waals surface area contributed by atoms with Gasteiger partial charge in [0, 0.05) is 29.1 Å². The third-order valence-electron chi connectivity index (χ3n) is 4.15. The predicted molar refractivity (Wildman–Crippen MR) is 78.8 cm³/mol. The van der Waals surface area contributed by atoms with Gasteiger partial charge in [-0.05, 0) is 18.1 Å². The van der Waals surface area contributed by atoms with E-state index < -0.39 is 12.0 Å². The first kappa shape index (κ1) is 13.2. The maximum absolute atomic E-state index is 11.4. The van der Waals surface area contributed by atoms with E-state index in [9.17, 15) is 9.90 Å². The molecule has 1 aromatic carbocycles. The molecule has 1 aromatic heterocycles. The highest BCUT2D eigenvalue weighted by Crippen LogP contribution is 2.33. The molecule has 0 spiro atoms. The van der Waals surface area contributed by atoms with E-state index in [1.54, 1.807) is 0 Å². The van der Waals surface area contributed by atoms with Crippen LogP contribution in [0.1, 0.15) is 43.5 Å². The summed E-state index contributed by atoms with van der Waals surface area (Å²) in [6.07, 6.45) is 3.74. The predicted octanol–water partition coefficient (Wildman–Crippen LogP) is 3.00. The fourth-order valence-electron chi connectivity index (χ4n) is 3.12. The normalized spacial score (nSPS) is 21.9. The molecule has 1 aliphatic heterocycles. The summed E-state index contributed by atoms with van der Waals surface area (Å²) >= 11 is 0. The Balaban J connectivity index is 2.04. The highest BCUT2D eigenvalue weighted by Gasteiger charge is 2.32. The quantitative estimate of drug-likeness (QED) is 0.801. The number of hydrogen-bond donors (Lipinski definition) is 3. The van der Waals surface area contributed by atoms with Crippen LogP contribution in [0.5, 0.6) is 0 Å². The second kappa shape index (κ2) is 5.29. The lowest BCUT2D eigenvalue weighted by atomic mass is 9.91. The van der Waals surface area contributed by atoms with Gasteiger partial charge >= 0.3 is 5.97 Å². The number of aromatic amines is 1. The van der Waals surface area contributed by atoms with Crippen LogP contribution < -0.4 is 5.32 Å². The highest BCUT2D eigenvalue weighted by molar-refractivity contribution is 5.86. The van der Waals surface area contributed by atoms with Crippen LogP contribution in [-0.4, -0.2) is 22.1 Å². The van der Waals surface area contributed by atoms with E-state index in [2.05, 4.69) is 29.4 Å². The van der Waals surface area contributed by atoms with Crippen molar-refractivity contribution in [3.8, 4) is 0 Å². The van der Waals surface area contributed by atoms with E-state index in [1.807, 2.05) is 12.1 Å². The number of hydrogen-bond acceptors (Lipinski definition) is 2. The largest absolute Gasteiger partial charge is 0.480 e. The second-order valence-corrected chi connectivity index (χ2v) is 5.52. The lowest BCUT2D eigenvalue weighted by molar-refractivity contribution is -0.139. The van der Waals surface area contributed by atoms with E-state index in [0.29, 0.717) is 6.42 Å². The average molecular weight is 272 g/mol. The molecule has 2 heterocycles. The summed E-state index contributed by atoms with van der Waals surface area (Å²) in [6, 6.07) is 7.78. The molecule has 4 heteroatoms. The molecular weight excluding hydrogens is 252 g/mol. The number of carboxylic acids is 1. The Labute approximate surface area is 118 Å². The monoisotopic (exact) mass is 272 g/mol. The number of para-hydroxylation sites is 1. The smallest absolute Gasteiger partial charge is 0.321 e. The number of rotatable bonds is 4. The van der Waals surface area contributed by atoms with Crippen molar-refractivity contribution >= 4 is 16.9 Å². The summed E-state index contributed by atoms with van der Waals surface area (Å²) in [7, 11) is 0. The summed E-state index contributed by atoms with van der Waals surface area (Å²) in [6.45, 7) is 2.16. The Kier molecular flexibility index (Phi) is 3.49. The molecular formula is C16H20N2O2. The van der Waals surface area contributed by atoms with Crippen LogP contribution in [0.3, 0.4) is 0 Å². The van der Waals surface area contributed by atoms with Gasteiger partial charge in [0.25, 0.3) is 0 Å². The Morgan fingerprint density at radius 2 is 2.20 bits per heavy atom. The van der Waals surface area contributed by atoms with Crippen molar-refractivity contribution in [1.29, 1.82) is 0 Å². The van der Waals surface area contributed by atoms with Gasteiger partial charge in [-0.2, -0.15) is 0 Å². The van der Waals surface area contributed by atoms with Crippen molar-refractivity contribution in [3.05, 3.63) is 35.5 Å². The number of carboxylic acid groups (broad SMARTS) is 1. The van der Waals surface area contributed by atoms with Crippen LogP contribution in [0.15, 0.2) is 24.3 Å². The van der Waals surface area contributed by atoms with Crippen LogP contribution in [-0.2, 0) is 11.2 Å². The number of aromatic nitrogens is 1. The summed E-state index contributed by atoms with van der Waals surface area (Å²) < 4.78 is 0. The van der Waals surface area contributed by atoms with Gasteiger partial charge in [0.15, 0.2) is 0 Å². The Morgan fingerprint density at radius 1 is 1.40 bits per heavy atom. The van der Waals surface area contributed by atoms with Gasteiger partial charge in [0.05, 0.1) is 0 Å².